The van der Waals surface area contributed by atoms with Crippen molar-refractivity contribution in [3.8, 4) is 5.75 Å². The largest absolute Gasteiger partial charge is 0.493 e. The number of ether oxygens (including phenoxy) is 2. The van der Waals surface area contributed by atoms with Crippen LogP contribution in [0.15, 0.2) is 6.20 Å². The SMILES string of the molecule is COc1cnn(C(C)C)c1C(=O)C1CCCCO1. The van der Waals surface area contributed by atoms with Crippen molar-refractivity contribution in [2.24, 2.45) is 0 Å². The van der Waals surface area contributed by atoms with Crippen molar-refractivity contribution in [1.29, 1.82) is 0 Å². The molecule has 0 spiro atoms. The van der Waals surface area contributed by atoms with Crippen LogP contribution >= 0.6 is 0 Å². The molecular formula is C13H20N2O3. The second-order valence-electron chi connectivity index (χ2n) is 4.82. The Balaban J connectivity index is 2.29. The Morgan fingerprint density at radius 2 is 2.33 bits per heavy atom. The molecule has 1 aromatic rings. The predicted molar refractivity (Wildman–Crippen MR) is 67.1 cm³/mol. The number of aromatic nitrogens is 2. The van der Waals surface area contributed by atoms with Crippen molar-refractivity contribution in [2.45, 2.75) is 45.3 Å². The molecule has 1 saturated heterocycles. The summed E-state index contributed by atoms with van der Waals surface area (Å²) in [6.45, 7) is 4.64. The smallest absolute Gasteiger partial charge is 0.213 e. The van der Waals surface area contributed by atoms with Crippen LogP contribution in [0.25, 0.3) is 0 Å². The van der Waals surface area contributed by atoms with Crippen molar-refractivity contribution in [3.05, 3.63) is 11.9 Å². The van der Waals surface area contributed by atoms with Crippen LogP contribution in [-0.4, -0.2) is 35.4 Å². The van der Waals surface area contributed by atoms with Crippen molar-refractivity contribution in [1.82, 2.24) is 9.78 Å². The number of carbonyl (C=O) groups excluding carboxylic acids is 1. The van der Waals surface area contributed by atoms with E-state index in [0.29, 0.717) is 18.1 Å². The monoisotopic (exact) mass is 252 g/mol. The minimum atomic E-state index is -0.346. The molecular weight excluding hydrogens is 232 g/mol. The first-order valence-electron chi connectivity index (χ1n) is 6.42. The summed E-state index contributed by atoms with van der Waals surface area (Å²) in [7, 11) is 1.56. The average Bonchev–Trinajstić information content (AvgIpc) is 2.82. The van der Waals surface area contributed by atoms with Gasteiger partial charge in [0, 0.05) is 12.6 Å². The fourth-order valence-corrected chi connectivity index (χ4v) is 2.22. The molecule has 5 nitrogen and oxygen atoms in total. The third-order valence-corrected chi connectivity index (χ3v) is 3.18. The number of rotatable bonds is 4. The number of carbonyl (C=O) groups is 1. The van der Waals surface area contributed by atoms with Gasteiger partial charge in [-0.15, -0.1) is 0 Å². The van der Waals surface area contributed by atoms with E-state index in [1.807, 2.05) is 13.8 Å². The van der Waals surface area contributed by atoms with Gasteiger partial charge in [0.15, 0.2) is 5.75 Å². The quantitative estimate of drug-likeness (QED) is 0.771. The Bertz CT molecular complexity index is 420. The van der Waals surface area contributed by atoms with Gasteiger partial charge in [-0.05, 0) is 33.1 Å². The third-order valence-electron chi connectivity index (χ3n) is 3.18. The van der Waals surface area contributed by atoms with Gasteiger partial charge in [-0.2, -0.15) is 5.10 Å². The van der Waals surface area contributed by atoms with Crippen molar-refractivity contribution < 1.29 is 14.3 Å². The summed E-state index contributed by atoms with van der Waals surface area (Å²) in [5.74, 6) is 0.514. The van der Waals surface area contributed by atoms with Crippen molar-refractivity contribution in [3.63, 3.8) is 0 Å². The number of hydrogen-bond acceptors (Lipinski definition) is 4. The van der Waals surface area contributed by atoms with Crippen molar-refractivity contribution >= 4 is 5.78 Å². The molecule has 1 aliphatic rings. The number of methoxy groups -OCH3 is 1. The third kappa shape index (κ3) is 2.41. The lowest BCUT2D eigenvalue weighted by Gasteiger charge is -2.22. The summed E-state index contributed by atoms with van der Waals surface area (Å²) in [5.41, 5.74) is 0.527. The van der Waals surface area contributed by atoms with Crippen LogP contribution in [0.4, 0.5) is 0 Å². The second-order valence-corrected chi connectivity index (χ2v) is 4.82. The van der Waals surface area contributed by atoms with Gasteiger partial charge in [0.25, 0.3) is 0 Å². The van der Waals surface area contributed by atoms with Crippen LogP contribution in [0, 0.1) is 0 Å². The highest BCUT2D eigenvalue weighted by Crippen LogP contribution is 2.26. The lowest BCUT2D eigenvalue weighted by atomic mass is 10.0. The Kier molecular flexibility index (Phi) is 4.01. The Morgan fingerprint density at radius 1 is 1.56 bits per heavy atom. The van der Waals surface area contributed by atoms with E-state index in [-0.39, 0.29) is 17.9 Å². The van der Waals surface area contributed by atoms with Crippen LogP contribution < -0.4 is 4.74 Å². The topological polar surface area (TPSA) is 53.4 Å². The molecule has 18 heavy (non-hydrogen) atoms. The summed E-state index contributed by atoms with van der Waals surface area (Å²) in [6, 6.07) is 0.122. The van der Waals surface area contributed by atoms with E-state index in [9.17, 15) is 4.79 Å². The summed E-state index contributed by atoms with van der Waals surface area (Å²) in [6.07, 6.45) is 4.10. The Morgan fingerprint density at radius 3 is 2.89 bits per heavy atom. The van der Waals surface area contributed by atoms with E-state index in [4.69, 9.17) is 9.47 Å². The van der Waals surface area contributed by atoms with Crippen molar-refractivity contribution in [2.75, 3.05) is 13.7 Å². The van der Waals surface area contributed by atoms with Crippen LogP contribution in [0.3, 0.4) is 0 Å². The maximum Gasteiger partial charge on any atom is 0.213 e. The first kappa shape index (κ1) is 13.1. The van der Waals surface area contributed by atoms with Crippen LogP contribution in [0.1, 0.15) is 49.6 Å². The van der Waals surface area contributed by atoms with E-state index in [1.54, 1.807) is 18.0 Å². The van der Waals surface area contributed by atoms with Crippen LogP contribution in [0.5, 0.6) is 5.75 Å². The summed E-state index contributed by atoms with van der Waals surface area (Å²) >= 11 is 0. The molecule has 1 atom stereocenters. The van der Waals surface area contributed by atoms with Crippen LogP contribution in [-0.2, 0) is 4.74 Å². The zero-order valence-corrected chi connectivity index (χ0v) is 11.2. The lowest BCUT2D eigenvalue weighted by molar-refractivity contribution is 0.0176. The molecule has 1 fully saturated rings. The number of Topliss-reactive ketones (excluding diaryl/α,β-unsaturated/α-hetero) is 1. The second kappa shape index (κ2) is 5.52. The maximum absolute atomic E-state index is 12.5. The number of nitrogens with zero attached hydrogens (tertiary/aromatic N) is 2. The van der Waals surface area contributed by atoms with Gasteiger partial charge in [-0.3, -0.25) is 9.48 Å². The van der Waals surface area contributed by atoms with Gasteiger partial charge < -0.3 is 9.47 Å². The summed E-state index contributed by atoms with van der Waals surface area (Å²) in [5, 5.41) is 4.22. The molecule has 0 radical (unpaired) electrons. The molecule has 1 unspecified atom stereocenters. The van der Waals surface area contributed by atoms with E-state index >= 15 is 0 Å². The standard InChI is InChI=1S/C13H20N2O3/c1-9(2)15-12(11(17-3)8-14-15)13(16)10-6-4-5-7-18-10/h8-10H,4-7H2,1-3H3. The van der Waals surface area contributed by atoms with Gasteiger partial charge in [0.05, 0.1) is 13.3 Å². The predicted octanol–water partition coefficient (Wildman–Crippen LogP) is 2.22. The average molecular weight is 252 g/mol. The number of hydrogen-bond donors (Lipinski definition) is 0. The lowest BCUT2D eigenvalue weighted by Crippen LogP contribution is -2.30. The maximum atomic E-state index is 12.5. The molecule has 2 rings (SSSR count). The number of ketones is 1. The zero-order chi connectivity index (χ0) is 13.1. The first-order chi connectivity index (χ1) is 8.65. The first-order valence-corrected chi connectivity index (χ1v) is 6.42. The summed E-state index contributed by atoms with van der Waals surface area (Å²) < 4.78 is 12.5. The van der Waals surface area contributed by atoms with Crippen LogP contribution in [0.2, 0.25) is 0 Å². The highest BCUT2D eigenvalue weighted by molar-refractivity contribution is 6.00. The molecule has 0 aliphatic carbocycles. The van der Waals surface area contributed by atoms with E-state index in [2.05, 4.69) is 5.10 Å². The fourth-order valence-electron chi connectivity index (χ4n) is 2.22. The molecule has 5 heteroatoms. The molecule has 0 saturated carbocycles. The van der Waals surface area contributed by atoms with Gasteiger partial charge in [-0.1, -0.05) is 0 Å². The minimum Gasteiger partial charge on any atom is -0.493 e. The molecule has 1 aromatic heterocycles. The van der Waals surface area contributed by atoms with Gasteiger partial charge >= 0.3 is 0 Å². The highest BCUT2D eigenvalue weighted by Gasteiger charge is 2.29. The van der Waals surface area contributed by atoms with E-state index in [1.165, 1.54) is 0 Å². The molecule has 1 aliphatic heterocycles. The zero-order valence-electron chi connectivity index (χ0n) is 11.2. The molecule has 0 bridgehead atoms. The van der Waals surface area contributed by atoms with Gasteiger partial charge in [-0.25, -0.2) is 0 Å². The Hall–Kier alpha value is -1.36. The highest BCUT2D eigenvalue weighted by atomic mass is 16.5. The fraction of sp³-hybridized carbons (Fsp3) is 0.692. The summed E-state index contributed by atoms with van der Waals surface area (Å²) in [4.78, 5) is 12.5. The van der Waals surface area contributed by atoms with Gasteiger partial charge in [0.1, 0.15) is 11.8 Å². The molecule has 0 N–H and O–H groups in total. The van der Waals surface area contributed by atoms with E-state index in [0.717, 1.165) is 19.3 Å². The molecule has 0 amide bonds. The minimum absolute atomic E-state index is 0.0160. The van der Waals surface area contributed by atoms with E-state index < -0.39 is 0 Å². The normalized spacial score (nSPS) is 20.1. The molecule has 2 heterocycles. The van der Waals surface area contributed by atoms with Gasteiger partial charge in [0.2, 0.25) is 5.78 Å². The molecule has 100 valence electrons. The molecule has 0 aromatic carbocycles. The Labute approximate surface area is 107 Å².